The van der Waals surface area contributed by atoms with Gasteiger partial charge in [0.1, 0.15) is 5.75 Å². The normalized spacial score (nSPS) is 12.4. The van der Waals surface area contributed by atoms with Gasteiger partial charge < -0.3 is 15.2 Å². The smallest absolute Gasteiger partial charge is 0.337 e. The van der Waals surface area contributed by atoms with E-state index >= 15 is 0 Å². The van der Waals surface area contributed by atoms with E-state index < -0.39 is 5.97 Å². The van der Waals surface area contributed by atoms with Gasteiger partial charge in [0, 0.05) is 29.7 Å². The summed E-state index contributed by atoms with van der Waals surface area (Å²) in [6, 6.07) is 17.1. The standard InChI is InChI=1S/C22H18ClNO3/c1-24-19-7-5-13(12-17(19)22(25)26)16-3-2-4-18(23)21(16)15-6-8-20-14(11-15)9-10-27-20/h2-8,11-12,24H,9-10H2,1H3,(H,25,26). The molecule has 0 aromatic heterocycles. The fourth-order valence-corrected chi connectivity index (χ4v) is 3.79. The number of hydrogen-bond donors (Lipinski definition) is 2. The number of carboxylic acids is 1. The van der Waals surface area contributed by atoms with Gasteiger partial charge >= 0.3 is 5.97 Å². The molecule has 136 valence electrons. The lowest BCUT2D eigenvalue weighted by Crippen LogP contribution is -2.03. The third-order valence-corrected chi connectivity index (χ3v) is 5.14. The first-order valence-electron chi connectivity index (χ1n) is 8.68. The molecular formula is C22H18ClNO3. The maximum atomic E-state index is 11.6. The van der Waals surface area contributed by atoms with Crippen molar-refractivity contribution in [3.63, 3.8) is 0 Å². The Hall–Kier alpha value is -2.98. The number of halogens is 1. The van der Waals surface area contributed by atoms with Crippen LogP contribution in [0, 0.1) is 0 Å². The maximum Gasteiger partial charge on any atom is 0.337 e. The van der Waals surface area contributed by atoms with Crippen molar-refractivity contribution in [2.24, 2.45) is 0 Å². The first-order valence-corrected chi connectivity index (χ1v) is 9.06. The van der Waals surface area contributed by atoms with Gasteiger partial charge in [0.05, 0.1) is 12.2 Å². The summed E-state index contributed by atoms with van der Waals surface area (Å²) in [4.78, 5) is 11.6. The summed E-state index contributed by atoms with van der Waals surface area (Å²) in [5.41, 5.74) is 5.55. The number of aromatic carboxylic acids is 1. The van der Waals surface area contributed by atoms with E-state index in [1.807, 2.05) is 36.4 Å². The Morgan fingerprint density at radius 1 is 1.11 bits per heavy atom. The van der Waals surface area contributed by atoms with Gasteiger partial charge in [-0.2, -0.15) is 0 Å². The summed E-state index contributed by atoms with van der Waals surface area (Å²) in [7, 11) is 1.71. The van der Waals surface area contributed by atoms with Crippen LogP contribution in [0.5, 0.6) is 5.75 Å². The summed E-state index contributed by atoms with van der Waals surface area (Å²) in [5, 5.41) is 13.1. The number of carbonyl (C=O) groups is 1. The second kappa shape index (κ2) is 6.97. The van der Waals surface area contributed by atoms with Crippen LogP contribution < -0.4 is 10.1 Å². The fourth-order valence-electron chi connectivity index (χ4n) is 3.51. The van der Waals surface area contributed by atoms with Crippen molar-refractivity contribution in [3.8, 4) is 28.0 Å². The Morgan fingerprint density at radius 3 is 2.70 bits per heavy atom. The van der Waals surface area contributed by atoms with Crippen LogP contribution in [0.4, 0.5) is 5.69 Å². The zero-order valence-electron chi connectivity index (χ0n) is 14.8. The molecule has 0 aliphatic carbocycles. The molecule has 0 bridgehead atoms. The van der Waals surface area contributed by atoms with Crippen LogP contribution in [0.15, 0.2) is 54.6 Å². The topological polar surface area (TPSA) is 58.6 Å². The molecule has 1 heterocycles. The minimum absolute atomic E-state index is 0.225. The predicted molar refractivity (Wildman–Crippen MR) is 108 cm³/mol. The Kier molecular flexibility index (Phi) is 4.50. The number of nitrogens with one attached hydrogen (secondary N) is 1. The number of carboxylic acid groups (broad SMARTS) is 1. The second-order valence-corrected chi connectivity index (χ2v) is 6.81. The number of rotatable bonds is 4. The minimum Gasteiger partial charge on any atom is -0.493 e. The Balaban J connectivity index is 1.90. The lowest BCUT2D eigenvalue weighted by atomic mass is 9.92. The minimum atomic E-state index is -0.973. The lowest BCUT2D eigenvalue weighted by molar-refractivity contribution is 0.0698. The van der Waals surface area contributed by atoms with Crippen LogP contribution >= 0.6 is 11.6 Å². The van der Waals surface area contributed by atoms with Gasteiger partial charge in [-0.1, -0.05) is 35.9 Å². The fraction of sp³-hybridized carbons (Fsp3) is 0.136. The highest BCUT2D eigenvalue weighted by atomic mass is 35.5. The van der Waals surface area contributed by atoms with Crippen molar-refractivity contribution in [1.29, 1.82) is 0 Å². The summed E-state index contributed by atoms with van der Waals surface area (Å²) in [6.07, 6.45) is 0.878. The molecule has 1 aliphatic heterocycles. The van der Waals surface area contributed by atoms with E-state index in [1.165, 1.54) is 0 Å². The molecule has 0 atom stereocenters. The Morgan fingerprint density at radius 2 is 1.93 bits per heavy atom. The number of benzene rings is 3. The summed E-state index contributed by atoms with van der Waals surface area (Å²) >= 11 is 6.57. The molecule has 0 spiro atoms. The molecule has 4 rings (SSSR count). The number of hydrogen-bond acceptors (Lipinski definition) is 3. The zero-order valence-corrected chi connectivity index (χ0v) is 15.5. The highest BCUT2D eigenvalue weighted by Crippen LogP contribution is 2.40. The third kappa shape index (κ3) is 3.13. The SMILES string of the molecule is CNc1ccc(-c2cccc(Cl)c2-c2ccc3c(c2)CCO3)cc1C(=O)O. The quantitative estimate of drug-likeness (QED) is 0.641. The largest absolute Gasteiger partial charge is 0.493 e. The van der Waals surface area contributed by atoms with Gasteiger partial charge in [-0.25, -0.2) is 4.79 Å². The molecule has 27 heavy (non-hydrogen) atoms. The van der Waals surface area contributed by atoms with Crippen molar-refractivity contribution < 1.29 is 14.6 Å². The highest BCUT2D eigenvalue weighted by Gasteiger charge is 2.18. The molecule has 1 aliphatic rings. The molecule has 3 aromatic carbocycles. The van der Waals surface area contributed by atoms with Crippen molar-refractivity contribution in [2.75, 3.05) is 19.0 Å². The van der Waals surface area contributed by atoms with Crippen LogP contribution in [0.1, 0.15) is 15.9 Å². The van der Waals surface area contributed by atoms with Crippen LogP contribution in [0.25, 0.3) is 22.3 Å². The van der Waals surface area contributed by atoms with Gasteiger partial charge in [-0.15, -0.1) is 0 Å². The highest BCUT2D eigenvalue weighted by molar-refractivity contribution is 6.34. The van der Waals surface area contributed by atoms with Crippen LogP contribution in [-0.4, -0.2) is 24.7 Å². The lowest BCUT2D eigenvalue weighted by Gasteiger charge is -2.15. The molecule has 3 aromatic rings. The average Bonchev–Trinajstić information content (AvgIpc) is 3.15. The van der Waals surface area contributed by atoms with Crippen LogP contribution in [-0.2, 0) is 6.42 Å². The van der Waals surface area contributed by atoms with Gasteiger partial charge in [-0.05, 0) is 52.6 Å². The van der Waals surface area contributed by atoms with E-state index in [1.54, 1.807) is 19.2 Å². The summed E-state index contributed by atoms with van der Waals surface area (Å²) in [5.74, 6) is -0.0571. The van der Waals surface area contributed by atoms with E-state index in [2.05, 4.69) is 11.4 Å². The van der Waals surface area contributed by atoms with Gasteiger partial charge in [0.25, 0.3) is 0 Å². The molecular weight excluding hydrogens is 362 g/mol. The molecule has 0 saturated heterocycles. The third-order valence-electron chi connectivity index (χ3n) is 4.82. The number of ether oxygens (including phenoxy) is 1. The monoisotopic (exact) mass is 379 g/mol. The first kappa shape index (κ1) is 17.4. The van der Waals surface area contributed by atoms with Gasteiger partial charge in [0.15, 0.2) is 0 Å². The molecule has 0 unspecified atom stereocenters. The van der Waals surface area contributed by atoms with Crippen molar-refractivity contribution in [1.82, 2.24) is 0 Å². The van der Waals surface area contributed by atoms with Crippen LogP contribution in [0.3, 0.4) is 0 Å². The predicted octanol–water partition coefficient (Wildman–Crippen LogP) is 5.35. The van der Waals surface area contributed by atoms with Crippen molar-refractivity contribution >= 4 is 23.3 Å². The van der Waals surface area contributed by atoms with E-state index in [0.717, 1.165) is 40.0 Å². The molecule has 2 N–H and O–H groups in total. The van der Waals surface area contributed by atoms with Gasteiger partial charge in [-0.3, -0.25) is 0 Å². The number of anilines is 1. The molecule has 4 nitrogen and oxygen atoms in total. The van der Waals surface area contributed by atoms with E-state index in [-0.39, 0.29) is 5.56 Å². The zero-order chi connectivity index (χ0) is 19.0. The van der Waals surface area contributed by atoms with Crippen molar-refractivity contribution in [2.45, 2.75) is 6.42 Å². The Labute approximate surface area is 162 Å². The second-order valence-electron chi connectivity index (χ2n) is 6.40. The first-order chi connectivity index (χ1) is 13.1. The van der Waals surface area contributed by atoms with E-state index in [9.17, 15) is 9.90 Å². The molecule has 5 heteroatoms. The van der Waals surface area contributed by atoms with E-state index in [0.29, 0.717) is 17.3 Å². The number of fused-ring (bicyclic) bond motifs is 1. The maximum absolute atomic E-state index is 11.6. The molecule has 0 radical (unpaired) electrons. The Bertz CT molecular complexity index is 1050. The average molecular weight is 380 g/mol. The van der Waals surface area contributed by atoms with Crippen molar-refractivity contribution in [3.05, 3.63) is 70.7 Å². The van der Waals surface area contributed by atoms with E-state index in [4.69, 9.17) is 16.3 Å². The van der Waals surface area contributed by atoms with Gasteiger partial charge in [0.2, 0.25) is 0 Å². The molecule has 0 amide bonds. The molecule has 0 fully saturated rings. The summed E-state index contributed by atoms with van der Waals surface area (Å²) < 4.78 is 5.60. The molecule has 0 saturated carbocycles. The summed E-state index contributed by atoms with van der Waals surface area (Å²) in [6.45, 7) is 0.696. The van der Waals surface area contributed by atoms with Crippen LogP contribution in [0.2, 0.25) is 5.02 Å².